The van der Waals surface area contributed by atoms with E-state index in [4.69, 9.17) is 0 Å². The Balaban J connectivity index is 1.59. The average molecular weight is 429 g/mol. The number of aryl methyl sites for hydroxylation is 1. The van der Waals surface area contributed by atoms with Crippen LogP contribution in [0, 0.1) is 5.92 Å². The van der Waals surface area contributed by atoms with Gasteiger partial charge in [-0.05, 0) is 60.9 Å². The molecule has 0 bridgehead atoms. The largest absolute Gasteiger partial charge is 0.394 e. The molecule has 0 radical (unpaired) electrons. The van der Waals surface area contributed by atoms with Gasteiger partial charge in [-0.3, -0.25) is 0 Å². The van der Waals surface area contributed by atoms with Gasteiger partial charge in [0, 0.05) is 31.4 Å². The summed E-state index contributed by atoms with van der Waals surface area (Å²) in [4.78, 5) is 4.12. The van der Waals surface area contributed by atoms with Gasteiger partial charge >= 0.3 is 0 Å². The summed E-state index contributed by atoms with van der Waals surface area (Å²) in [5.74, 6) is 0.0246. The Kier molecular flexibility index (Phi) is 4.95. The van der Waals surface area contributed by atoms with Gasteiger partial charge in [-0.15, -0.1) is 0 Å². The van der Waals surface area contributed by atoms with Crippen molar-refractivity contribution in [2.24, 2.45) is 13.0 Å². The summed E-state index contributed by atoms with van der Waals surface area (Å²) in [6.07, 6.45) is 10.7. The lowest BCUT2D eigenvalue weighted by Gasteiger charge is -2.39. The highest BCUT2D eigenvalue weighted by atomic mass is 32.2. The third-order valence-corrected chi connectivity index (χ3v) is 8.51. The standard InChI is InChI=1S/C22H28N4O3S/c1-25-12-21(23-14-25)30(28,29)26-10-9-17-20(13-27)24-19-8-7-16(11-18(19)22(17)26)15-5-3-2-4-6-15/h5,7-8,11-12,14,17,20,22,24,27H,2-4,6,9-10,13H2,1H3/t17-,20+,22-/m0/s1. The van der Waals surface area contributed by atoms with Crippen molar-refractivity contribution in [3.05, 3.63) is 47.9 Å². The van der Waals surface area contributed by atoms with Gasteiger partial charge in [-0.25, -0.2) is 13.4 Å². The van der Waals surface area contributed by atoms with Gasteiger partial charge in [0.05, 0.1) is 25.0 Å². The highest BCUT2D eigenvalue weighted by Gasteiger charge is 2.49. The summed E-state index contributed by atoms with van der Waals surface area (Å²) in [6, 6.07) is 5.87. The SMILES string of the molecule is Cn1cnc(S(=O)(=O)N2CC[C@@H]3[C@H]2c2cc(C4=CCCCC4)ccc2N[C@@H]3CO)c1. The Bertz CT molecular complexity index is 1090. The number of imidazole rings is 1. The number of fused-ring (bicyclic) bond motifs is 3. The molecule has 7 nitrogen and oxygen atoms in total. The molecule has 2 aromatic rings. The second-order valence-corrected chi connectivity index (χ2v) is 10.4. The summed E-state index contributed by atoms with van der Waals surface area (Å²) in [7, 11) is -1.95. The highest BCUT2D eigenvalue weighted by molar-refractivity contribution is 7.89. The van der Waals surface area contributed by atoms with Crippen LogP contribution in [0.1, 0.15) is 49.3 Å². The van der Waals surface area contributed by atoms with Crippen LogP contribution in [-0.4, -0.2) is 46.6 Å². The van der Waals surface area contributed by atoms with Crippen molar-refractivity contribution in [1.29, 1.82) is 0 Å². The van der Waals surface area contributed by atoms with E-state index in [1.165, 1.54) is 30.3 Å². The molecule has 5 rings (SSSR count). The van der Waals surface area contributed by atoms with Crippen LogP contribution in [0.15, 0.2) is 41.8 Å². The van der Waals surface area contributed by atoms with Gasteiger partial charge in [0.2, 0.25) is 0 Å². The van der Waals surface area contributed by atoms with Crippen LogP contribution >= 0.6 is 0 Å². The van der Waals surface area contributed by atoms with E-state index in [-0.39, 0.29) is 29.6 Å². The van der Waals surface area contributed by atoms with Crippen molar-refractivity contribution >= 4 is 21.3 Å². The molecule has 1 fully saturated rings. The predicted octanol–water partition coefficient (Wildman–Crippen LogP) is 2.92. The van der Waals surface area contributed by atoms with Crippen LogP contribution in [0.2, 0.25) is 0 Å². The van der Waals surface area contributed by atoms with Crippen molar-refractivity contribution in [3.8, 4) is 0 Å². The molecule has 160 valence electrons. The smallest absolute Gasteiger partial charge is 0.262 e. The molecule has 0 saturated carbocycles. The van der Waals surface area contributed by atoms with Gasteiger partial charge in [-0.1, -0.05) is 12.1 Å². The number of benzene rings is 1. The number of anilines is 1. The van der Waals surface area contributed by atoms with Gasteiger partial charge in [-0.2, -0.15) is 4.31 Å². The number of nitrogens with one attached hydrogen (secondary N) is 1. The van der Waals surface area contributed by atoms with Crippen molar-refractivity contribution in [2.75, 3.05) is 18.5 Å². The molecule has 3 heterocycles. The lowest BCUT2D eigenvalue weighted by molar-refractivity contribution is 0.210. The van der Waals surface area contributed by atoms with Crippen molar-refractivity contribution in [3.63, 3.8) is 0 Å². The lowest BCUT2D eigenvalue weighted by Crippen LogP contribution is -2.42. The number of aromatic nitrogens is 2. The normalized spacial score (nSPS) is 26.6. The van der Waals surface area contributed by atoms with Gasteiger partial charge in [0.1, 0.15) is 0 Å². The molecule has 0 amide bonds. The van der Waals surface area contributed by atoms with Crippen molar-refractivity contribution in [2.45, 2.75) is 49.2 Å². The highest BCUT2D eigenvalue weighted by Crippen LogP contribution is 2.49. The fourth-order valence-electron chi connectivity index (χ4n) is 5.23. The molecule has 0 unspecified atom stereocenters. The van der Waals surface area contributed by atoms with Crippen LogP contribution < -0.4 is 5.32 Å². The second kappa shape index (κ2) is 7.51. The number of allylic oxidation sites excluding steroid dienone is 2. The Morgan fingerprint density at radius 1 is 1.30 bits per heavy atom. The van der Waals surface area contributed by atoms with Crippen LogP contribution in [0.25, 0.3) is 5.57 Å². The molecule has 1 saturated heterocycles. The Morgan fingerprint density at radius 2 is 2.17 bits per heavy atom. The molecule has 3 atom stereocenters. The molecular weight excluding hydrogens is 400 g/mol. The molecular formula is C22H28N4O3S. The number of hydrogen-bond acceptors (Lipinski definition) is 5. The maximum absolute atomic E-state index is 13.4. The molecule has 2 N–H and O–H groups in total. The minimum atomic E-state index is -3.72. The minimum absolute atomic E-state index is 0.0228. The first kappa shape index (κ1) is 19.8. The van der Waals surface area contributed by atoms with E-state index in [9.17, 15) is 13.5 Å². The molecule has 30 heavy (non-hydrogen) atoms. The topological polar surface area (TPSA) is 87.5 Å². The van der Waals surface area contributed by atoms with E-state index >= 15 is 0 Å². The van der Waals surface area contributed by atoms with E-state index in [2.05, 4.69) is 28.5 Å². The first-order valence-electron chi connectivity index (χ1n) is 10.7. The number of aliphatic hydroxyl groups is 1. The summed E-state index contributed by atoms with van der Waals surface area (Å²) in [5, 5.41) is 13.5. The van der Waals surface area contributed by atoms with E-state index < -0.39 is 10.0 Å². The zero-order valence-corrected chi connectivity index (χ0v) is 18.0. The lowest BCUT2D eigenvalue weighted by atomic mass is 9.82. The van der Waals surface area contributed by atoms with Crippen LogP contribution in [0.3, 0.4) is 0 Å². The number of nitrogens with zero attached hydrogens (tertiary/aromatic N) is 3. The van der Waals surface area contributed by atoms with E-state index in [0.29, 0.717) is 13.0 Å². The number of rotatable bonds is 4. The predicted molar refractivity (Wildman–Crippen MR) is 115 cm³/mol. The number of aliphatic hydroxyl groups excluding tert-OH is 1. The van der Waals surface area contributed by atoms with Crippen LogP contribution in [0.4, 0.5) is 5.69 Å². The number of hydrogen-bond donors (Lipinski definition) is 2. The van der Waals surface area contributed by atoms with Crippen LogP contribution in [0.5, 0.6) is 0 Å². The van der Waals surface area contributed by atoms with Gasteiger partial charge in [0.25, 0.3) is 10.0 Å². The maximum Gasteiger partial charge on any atom is 0.262 e. The third-order valence-electron chi connectivity index (χ3n) is 6.74. The second-order valence-electron chi connectivity index (χ2n) is 8.60. The Hall–Kier alpha value is -2.16. The minimum Gasteiger partial charge on any atom is -0.394 e. The summed E-state index contributed by atoms with van der Waals surface area (Å²) < 4.78 is 30.2. The van der Waals surface area contributed by atoms with Crippen LogP contribution in [-0.2, 0) is 17.1 Å². The zero-order chi connectivity index (χ0) is 20.9. The Labute approximate surface area is 177 Å². The zero-order valence-electron chi connectivity index (χ0n) is 17.2. The first-order chi connectivity index (χ1) is 14.5. The molecule has 8 heteroatoms. The molecule has 1 aliphatic carbocycles. The van der Waals surface area contributed by atoms with E-state index in [0.717, 1.165) is 24.1 Å². The van der Waals surface area contributed by atoms with Crippen molar-refractivity contribution in [1.82, 2.24) is 13.9 Å². The first-order valence-corrected chi connectivity index (χ1v) is 12.1. The van der Waals surface area contributed by atoms with E-state index in [1.54, 1.807) is 22.1 Å². The number of sulfonamides is 1. The van der Waals surface area contributed by atoms with E-state index in [1.807, 2.05) is 6.07 Å². The fraction of sp³-hybridized carbons (Fsp3) is 0.500. The summed E-state index contributed by atoms with van der Waals surface area (Å²) in [5.41, 5.74) is 4.45. The van der Waals surface area contributed by atoms with Crippen molar-refractivity contribution < 1.29 is 13.5 Å². The summed E-state index contributed by atoms with van der Waals surface area (Å²) in [6.45, 7) is 0.407. The monoisotopic (exact) mass is 428 g/mol. The molecule has 1 aromatic carbocycles. The fourth-order valence-corrected chi connectivity index (χ4v) is 6.87. The maximum atomic E-state index is 13.4. The Morgan fingerprint density at radius 3 is 2.87 bits per heavy atom. The van der Waals surface area contributed by atoms with Gasteiger partial charge < -0.3 is 15.0 Å². The molecule has 2 aliphatic heterocycles. The third kappa shape index (κ3) is 3.18. The summed E-state index contributed by atoms with van der Waals surface area (Å²) >= 11 is 0. The molecule has 0 spiro atoms. The molecule has 3 aliphatic rings. The quantitative estimate of drug-likeness (QED) is 0.782. The average Bonchev–Trinajstić information content (AvgIpc) is 3.41. The molecule has 1 aromatic heterocycles. The van der Waals surface area contributed by atoms with Gasteiger partial charge in [0.15, 0.2) is 5.03 Å².